The number of amides is 1. The average molecular weight is 357 g/mol. The van der Waals surface area contributed by atoms with Crippen LogP contribution in [0.15, 0.2) is 18.2 Å². The largest absolute Gasteiger partial charge is 0.465 e. The SMILES string of the molecule is CCc1[nH]c(C(=O)Nc2nc3ccc(C)cc3s2)c(C)c1C(=O)OC. The highest BCUT2D eigenvalue weighted by atomic mass is 32.1. The minimum Gasteiger partial charge on any atom is -0.465 e. The van der Waals surface area contributed by atoms with Crippen molar-refractivity contribution in [1.82, 2.24) is 9.97 Å². The van der Waals surface area contributed by atoms with Gasteiger partial charge in [0.05, 0.1) is 22.9 Å². The van der Waals surface area contributed by atoms with E-state index in [1.165, 1.54) is 18.4 Å². The number of anilines is 1. The Morgan fingerprint density at radius 2 is 2.08 bits per heavy atom. The number of fused-ring (bicyclic) bond motifs is 1. The number of hydrogen-bond acceptors (Lipinski definition) is 5. The summed E-state index contributed by atoms with van der Waals surface area (Å²) >= 11 is 1.42. The van der Waals surface area contributed by atoms with Crippen molar-refractivity contribution in [3.05, 3.63) is 46.3 Å². The summed E-state index contributed by atoms with van der Waals surface area (Å²) in [6.07, 6.45) is 0.596. The van der Waals surface area contributed by atoms with Crippen LogP contribution < -0.4 is 5.32 Å². The summed E-state index contributed by atoms with van der Waals surface area (Å²) < 4.78 is 5.84. The van der Waals surface area contributed by atoms with E-state index in [1.807, 2.05) is 32.0 Å². The molecule has 0 radical (unpaired) electrons. The predicted octanol–water partition coefficient (Wildman–Crippen LogP) is 3.84. The molecule has 0 aliphatic rings. The number of carbonyl (C=O) groups excluding carboxylic acids is 2. The summed E-state index contributed by atoms with van der Waals surface area (Å²) in [6, 6.07) is 5.95. The van der Waals surface area contributed by atoms with Crippen LogP contribution in [0.3, 0.4) is 0 Å². The molecule has 0 unspecified atom stereocenters. The fraction of sp³-hybridized carbons (Fsp3) is 0.278. The van der Waals surface area contributed by atoms with Crippen molar-refractivity contribution in [3.63, 3.8) is 0 Å². The number of carbonyl (C=O) groups is 2. The first kappa shape index (κ1) is 17.2. The van der Waals surface area contributed by atoms with Gasteiger partial charge in [-0.25, -0.2) is 9.78 Å². The van der Waals surface area contributed by atoms with Crippen LogP contribution in [0, 0.1) is 13.8 Å². The van der Waals surface area contributed by atoms with Crippen molar-refractivity contribution in [2.45, 2.75) is 27.2 Å². The minimum absolute atomic E-state index is 0.321. The van der Waals surface area contributed by atoms with Crippen molar-refractivity contribution >= 4 is 38.6 Å². The Balaban J connectivity index is 1.92. The lowest BCUT2D eigenvalue weighted by atomic mass is 10.1. The first-order chi connectivity index (χ1) is 11.9. The van der Waals surface area contributed by atoms with Crippen LogP contribution in [-0.2, 0) is 11.2 Å². The Morgan fingerprint density at radius 3 is 2.76 bits per heavy atom. The lowest BCUT2D eigenvalue weighted by Crippen LogP contribution is -2.14. The van der Waals surface area contributed by atoms with Crippen LogP contribution in [0.25, 0.3) is 10.2 Å². The van der Waals surface area contributed by atoms with Crippen LogP contribution >= 0.6 is 11.3 Å². The van der Waals surface area contributed by atoms with Gasteiger partial charge < -0.3 is 9.72 Å². The molecule has 3 rings (SSSR count). The van der Waals surface area contributed by atoms with Gasteiger partial charge in [0.1, 0.15) is 5.69 Å². The number of hydrogen-bond donors (Lipinski definition) is 2. The Labute approximate surface area is 149 Å². The third-order valence-electron chi connectivity index (χ3n) is 4.06. The van der Waals surface area contributed by atoms with E-state index >= 15 is 0 Å². The molecule has 3 aromatic rings. The van der Waals surface area contributed by atoms with Crippen LogP contribution in [0.5, 0.6) is 0 Å². The molecule has 1 amide bonds. The number of esters is 1. The number of benzene rings is 1. The van der Waals surface area contributed by atoms with Gasteiger partial charge in [0.2, 0.25) is 0 Å². The molecular formula is C18H19N3O3S. The van der Waals surface area contributed by atoms with Crippen molar-refractivity contribution < 1.29 is 14.3 Å². The molecule has 2 N–H and O–H groups in total. The number of rotatable bonds is 4. The van der Waals surface area contributed by atoms with Crippen LogP contribution in [0.2, 0.25) is 0 Å². The molecule has 1 aromatic carbocycles. The number of aromatic nitrogens is 2. The number of H-pyrrole nitrogens is 1. The summed E-state index contributed by atoms with van der Waals surface area (Å²) in [5.74, 6) is -0.766. The molecule has 0 saturated carbocycles. The van der Waals surface area contributed by atoms with Gasteiger partial charge in [-0.05, 0) is 43.5 Å². The van der Waals surface area contributed by atoms with E-state index in [0.29, 0.717) is 34.1 Å². The zero-order valence-corrected chi connectivity index (χ0v) is 15.3. The third kappa shape index (κ3) is 3.15. The highest BCUT2D eigenvalue weighted by Gasteiger charge is 2.24. The maximum absolute atomic E-state index is 12.6. The number of aryl methyl sites for hydroxylation is 2. The third-order valence-corrected chi connectivity index (χ3v) is 5.00. The monoisotopic (exact) mass is 357 g/mol. The van der Waals surface area contributed by atoms with Gasteiger partial charge in [-0.1, -0.05) is 24.3 Å². The summed E-state index contributed by atoms with van der Waals surface area (Å²) in [5.41, 5.74) is 4.04. The molecule has 0 spiro atoms. The molecule has 7 heteroatoms. The molecule has 2 aromatic heterocycles. The van der Waals surface area contributed by atoms with Crippen molar-refractivity contribution in [2.75, 3.05) is 12.4 Å². The number of methoxy groups -OCH3 is 1. The van der Waals surface area contributed by atoms with E-state index in [2.05, 4.69) is 15.3 Å². The Kier molecular flexibility index (Phi) is 4.59. The maximum Gasteiger partial charge on any atom is 0.339 e. The van der Waals surface area contributed by atoms with Gasteiger partial charge in [0.25, 0.3) is 5.91 Å². The molecule has 0 aliphatic heterocycles. The molecule has 130 valence electrons. The predicted molar refractivity (Wildman–Crippen MR) is 98.6 cm³/mol. The number of aromatic amines is 1. The first-order valence-corrected chi connectivity index (χ1v) is 8.74. The summed E-state index contributed by atoms with van der Waals surface area (Å²) in [4.78, 5) is 32.1. The summed E-state index contributed by atoms with van der Waals surface area (Å²) in [5, 5.41) is 3.34. The molecule has 0 saturated heterocycles. The van der Waals surface area contributed by atoms with E-state index in [1.54, 1.807) is 6.92 Å². The van der Waals surface area contributed by atoms with E-state index in [-0.39, 0.29) is 5.91 Å². The van der Waals surface area contributed by atoms with Gasteiger partial charge >= 0.3 is 5.97 Å². The van der Waals surface area contributed by atoms with Crippen LogP contribution in [0.1, 0.15) is 44.6 Å². The quantitative estimate of drug-likeness (QED) is 0.695. The second-order valence-corrected chi connectivity index (χ2v) is 6.80. The molecule has 25 heavy (non-hydrogen) atoms. The van der Waals surface area contributed by atoms with Crippen molar-refractivity contribution in [2.24, 2.45) is 0 Å². The Hall–Kier alpha value is -2.67. The van der Waals surface area contributed by atoms with Crippen LogP contribution in [-0.4, -0.2) is 29.0 Å². The fourth-order valence-corrected chi connectivity index (χ4v) is 3.73. The highest BCUT2D eigenvalue weighted by Crippen LogP contribution is 2.28. The zero-order valence-electron chi connectivity index (χ0n) is 14.5. The smallest absolute Gasteiger partial charge is 0.339 e. The van der Waals surface area contributed by atoms with E-state index in [4.69, 9.17) is 4.74 Å². The van der Waals surface area contributed by atoms with Crippen molar-refractivity contribution in [1.29, 1.82) is 0 Å². The van der Waals surface area contributed by atoms with Crippen molar-refractivity contribution in [3.8, 4) is 0 Å². The maximum atomic E-state index is 12.6. The summed E-state index contributed by atoms with van der Waals surface area (Å²) in [7, 11) is 1.33. The van der Waals surface area contributed by atoms with E-state index in [0.717, 1.165) is 15.8 Å². The molecule has 0 aliphatic carbocycles. The Morgan fingerprint density at radius 1 is 1.32 bits per heavy atom. The van der Waals surface area contributed by atoms with Gasteiger partial charge in [-0.2, -0.15) is 0 Å². The zero-order chi connectivity index (χ0) is 18.1. The highest BCUT2D eigenvalue weighted by molar-refractivity contribution is 7.22. The number of thiazole rings is 1. The number of ether oxygens (including phenoxy) is 1. The topological polar surface area (TPSA) is 84.1 Å². The molecule has 6 nitrogen and oxygen atoms in total. The lowest BCUT2D eigenvalue weighted by Gasteiger charge is -2.02. The lowest BCUT2D eigenvalue weighted by molar-refractivity contribution is 0.0599. The van der Waals surface area contributed by atoms with Gasteiger partial charge in [-0.15, -0.1) is 0 Å². The minimum atomic E-state index is -0.444. The molecule has 0 fully saturated rings. The number of nitrogens with one attached hydrogen (secondary N) is 2. The Bertz CT molecular complexity index is 972. The normalized spacial score (nSPS) is 10.9. The van der Waals surface area contributed by atoms with Gasteiger partial charge in [-0.3, -0.25) is 10.1 Å². The van der Waals surface area contributed by atoms with Gasteiger partial charge in [0, 0.05) is 5.69 Å². The van der Waals surface area contributed by atoms with Crippen LogP contribution in [0.4, 0.5) is 5.13 Å². The molecule has 2 heterocycles. The van der Waals surface area contributed by atoms with E-state index < -0.39 is 5.97 Å². The standard InChI is InChI=1S/C18H19N3O3S/c1-5-11-14(17(23)24-4)10(3)15(19-11)16(22)21-18-20-12-7-6-9(2)8-13(12)25-18/h6-8,19H,5H2,1-4H3,(H,20,21,22). The molecule has 0 bridgehead atoms. The van der Waals surface area contributed by atoms with Gasteiger partial charge in [0.15, 0.2) is 5.13 Å². The van der Waals surface area contributed by atoms with E-state index in [9.17, 15) is 9.59 Å². The second-order valence-electron chi connectivity index (χ2n) is 5.77. The number of nitrogens with zero attached hydrogens (tertiary/aromatic N) is 1. The first-order valence-electron chi connectivity index (χ1n) is 7.92. The molecular weight excluding hydrogens is 338 g/mol. The average Bonchev–Trinajstić information content (AvgIpc) is 3.13. The molecule has 0 atom stereocenters. The second kappa shape index (κ2) is 6.68. The summed E-state index contributed by atoms with van der Waals surface area (Å²) in [6.45, 7) is 5.66. The fourth-order valence-electron chi connectivity index (χ4n) is 2.77.